The second kappa shape index (κ2) is 10.2. The first kappa shape index (κ1) is 28.2. The Balaban J connectivity index is 2.44. The zero-order valence-corrected chi connectivity index (χ0v) is 23.5. The van der Waals surface area contributed by atoms with Gasteiger partial charge >= 0.3 is 5.97 Å². The quantitative estimate of drug-likeness (QED) is 0.323. The Morgan fingerprint density at radius 3 is 2.36 bits per heavy atom. The fourth-order valence-electron chi connectivity index (χ4n) is 4.15. The van der Waals surface area contributed by atoms with Crippen molar-refractivity contribution in [3.8, 4) is 11.1 Å². The molecule has 3 rings (SSSR count). The second-order valence-electron chi connectivity index (χ2n) is 10.1. The van der Waals surface area contributed by atoms with Gasteiger partial charge < -0.3 is 14.6 Å². The summed E-state index contributed by atoms with van der Waals surface area (Å²) in [6.45, 7) is 11.2. The molecule has 0 bridgehead atoms. The average Bonchev–Trinajstić information content (AvgIpc) is 3.23. The minimum atomic E-state index is -3.30. The number of aliphatic hydroxyl groups excluding tert-OH is 1. The number of rotatable bonds is 8. The molecule has 0 aliphatic carbocycles. The number of nitrogens with zero attached hydrogens (tertiary/aromatic N) is 3. The molecule has 0 aliphatic heterocycles. The normalized spacial score (nSPS) is 13.5. The van der Waals surface area contributed by atoms with Gasteiger partial charge in [0, 0.05) is 23.9 Å². The van der Waals surface area contributed by atoms with E-state index in [-0.39, 0.29) is 29.0 Å². The Kier molecular flexibility index (Phi) is 7.95. The largest absolute Gasteiger partial charge is 0.461 e. The Morgan fingerprint density at radius 2 is 1.86 bits per heavy atom. The molecule has 2 aromatic heterocycles. The molecule has 0 saturated carbocycles. The van der Waals surface area contributed by atoms with Crippen LogP contribution in [0, 0.1) is 0 Å². The molecule has 36 heavy (non-hydrogen) atoms. The summed E-state index contributed by atoms with van der Waals surface area (Å²) in [6.07, 6.45) is -0.373. The lowest BCUT2D eigenvalue weighted by molar-refractivity contribution is -0.208. The van der Waals surface area contributed by atoms with Crippen molar-refractivity contribution in [1.82, 2.24) is 14.3 Å². The van der Waals surface area contributed by atoms with Crippen molar-refractivity contribution in [2.45, 2.75) is 65.2 Å². The van der Waals surface area contributed by atoms with Gasteiger partial charge in [-0.05, 0) is 50.8 Å². The van der Waals surface area contributed by atoms with Crippen molar-refractivity contribution in [2.24, 2.45) is 7.05 Å². The maximum atomic E-state index is 13.4. The molecule has 3 aromatic rings. The third-order valence-electron chi connectivity index (χ3n) is 5.46. The van der Waals surface area contributed by atoms with E-state index in [0.717, 1.165) is 6.26 Å². The van der Waals surface area contributed by atoms with E-state index >= 15 is 0 Å². The lowest BCUT2D eigenvalue weighted by Gasteiger charge is -2.26. The van der Waals surface area contributed by atoms with Gasteiger partial charge in [0.15, 0.2) is 9.84 Å². The molecule has 0 saturated heterocycles. The van der Waals surface area contributed by atoms with Crippen molar-refractivity contribution >= 4 is 38.4 Å². The number of benzene rings is 1. The standard InChI is InChI=1S/C25H34ClN3O6S/c1-9-34-23(30)21-18(15-10-11-16(17(26)12-15)13-36(8,32)33)20-22(19(14(2)3)27-28(20)7)29(21)24(31)35-25(4,5)6/h10-12,14,24,31H,9,13H2,1-8H3. The van der Waals surface area contributed by atoms with E-state index in [0.29, 0.717) is 33.4 Å². The molecule has 1 unspecified atom stereocenters. The second-order valence-corrected chi connectivity index (χ2v) is 12.7. The molecule has 1 aromatic carbocycles. The van der Waals surface area contributed by atoms with Crippen LogP contribution in [0.3, 0.4) is 0 Å². The van der Waals surface area contributed by atoms with Crippen LogP contribution in [-0.2, 0) is 32.1 Å². The van der Waals surface area contributed by atoms with Crippen LogP contribution in [0.15, 0.2) is 18.2 Å². The van der Waals surface area contributed by atoms with Crippen molar-refractivity contribution in [3.63, 3.8) is 0 Å². The van der Waals surface area contributed by atoms with E-state index < -0.39 is 27.8 Å². The van der Waals surface area contributed by atoms with Crippen molar-refractivity contribution in [3.05, 3.63) is 40.2 Å². The van der Waals surface area contributed by atoms with E-state index in [4.69, 9.17) is 21.1 Å². The molecule has 9 nitrogen and oxygen atoms in total. The number of fused-ring (bicyclic) bond motifs is 1. The van der Waals surface area contributed by atoms with Crippen LogP contribution in [0.4, 0.5) is 0 Å². The molecule has 1 atom stereocenters. The number of carbonyl (C=O) groups is 1. The molecule has 11 heteroatoms. The Hall–Kier alpha value is -2.40. The van der Waals surface area contributed by atoms with Crippen LogP contribution in [0.2, 0.25) is 5.02 Å². The highest BCUT2D eigenvalue weighted by atomic mass is 35.5. The third-order valence-corrected chi connectivity index (χ3v) is 6.65. The highest BCUT2D eigenvalue weighted by Gasteiger charge is 2.34. The summed E-state index contributed by atoms with van der Waals surface area (Å²) in [5.41, 5.74) is 2.61. The summed E-state index contributed by atoms with van der Waals surface area (Å²) < 4.78 is 38.0. The molecule has 0 aliphatic rings. The zero-order chi connectivity index (χ0) is 27.2. The summed E-state index contributed by atoms with van der Waals surface area (Å²) in [5, 5.41) is 16.2. The Bertz CT molecular complexity index is 1400. The van der Waals surface area contributed by atoms with Crippen LogP contribution in [-0.4, -0.2) is 52.3 Å². The highest BCUT2D eigenvalue weighted by molar-refractivity contribution is 7.89. The smallest absolute Gasteiger partial charge is 0.355 e. The number of sulfone groups is 1. The first-order valence-corrected chi connectivity index (χ1v) is 14.1. The fraction of sp³-hybridized carbons (Fsp3) is 0.520. The predicted molar refractivity (Wildman–Crippen MR) is 140 cm³/mol. The molecule has 198 valence electrons. The number of hydrogen-bond acceptors (Lipinski definition) is 7. The van der Waals surface area contributed by atoms with Gasteiger partial charge in [0.05, 0.1) is 34.7 Å². The highest BCUT2D eigenvalue weighted by Crippen LogP contribution is 2.42. The van der Waals surface area contributed by atoms with Crippen LogP contribution < -0.4 is 0 Å². The monoisotopic (exact) mass is 539 g/mol. The fourth-order valence-corrected chi connectivity index (χ4v) is 5.29. The number of aryl methyl sites for hydroxylation is 1. The maximum Gasteiger partial charge on any atom is 0.355 e. The number of esters is 1. The Morgan fingerprint density at radius 1 is 1.22 bits per heavy atom. The number of hydrogen-bond donors (Lipinski definition) is 1. The van der Waals surface area contributed by atoms with Gasteiger partial charge in [0.1, 0.15) is 5.69 Å². The maximum absolute atomic E-state index is 13.4. The molecule has 0 spiro atoms. The summed E-state index contributed by atoms with van der Waals surface area (Å²) in [5.74, 6) is -0.895. The minimum Gasteiger partial charge on any atom is -0.461 e. The van der Waals surface area contributed by atoms with E-state index in [2.05, 4.69) is 5.10 Å². The van der Waals surface area contributed by atoms with E-state index in [9.17, 15) is 18.3 Å². The third kappa shape index (κ3) is 5.77. The molecule has 0 fully saturated rings. The minimum absolute atomic E-state index is 0.0344. The van der Waals surface area contributed by atoms with Crippen molar-refractivity contribution in [2.75, 3.05) is 12.9 Å². The number of carbonyl (C=O) groups excluding carboxylic acids is 1. The molecule has 0 amide bonds. The van der Waals surface area contributed by atoms with Gasteiger partial charge in [-0.3, -0.25) is 9.25 Å². The van der Waals surface area contributed by atoms with Crippen LogP contribution in [0.5, 0.6) is 0 Å². The summed E-state index contributed by atoms with van der Waals surface area (Å²) in [4.78, 5) is 13.4. The van der Waals surface area contributed by atoms with Gasteiger partial charge in [0.2, 0.25) is 6.41 Å². The Labute approximate surface area is 216 Å². The number of halogens is 1. The van der Waals surface area contributed by atoms with Crippen LogP contribution in [0.1, 0.15) is 75.6 Å². The summed E-state index contributed by atoms with van der Waals surface area (Å²) in [6, 6.07) is 4.94. The molecular formula is C25H34ClN3O6S. The number of aromatic nitrogens is 3. The van der Waals surface area contributed by atoms with Crippen LogP contribution in [0.25, 0.3) is 22.2 Å². The molecule has 2 heterocycles. The number of ether oxygens (including phenoxy) is 2. The number of aliphatic hydroxyl groups is 1. The van der Waals surface area contributed by atoms with E-state index in [1.807, 2.05) is 13.8 Å². The van der Waals surface area contributed by atoms with Gasteiger partial charge in [0.25, 0.3) is 0 Å². The topological polar surface area (TPSA) is 113 Å². The van der Waals surface area contributed by atoms with Crippen molar-refractivity contribution < 1.29 is 27.8 Å². The molecular weight excluding hydrogens is 506 g/mol. The summed E-state index contributed by atoms with van der Waals surface area (Å²) >= 11 is 6.50. The van der Waals surface area contributed by atoms with Crippen molar-refractivity contribution in [1.29, 1.82) is 0 Å². The SMILES string of the molecule is CCOC(=O)c1c(-c2ccc(CS(C)(=O)=O)c(Cl)c2)c2c(c(C(C)C)nn2C)n1C(O)OC(C)(C)C. The first-order chi connectivity index (χ1) is 16.6. The van der Waals surface area contributed by atoms with Crippen LogP contribution >= 0.6 is 11.6 Å². The molecule has 1 N–H and O–H groups in total. The predicted octanol–water partition coefficient (Wildman–Crippen LogP) is 4.80. The lowest BCUT2D eigenvalue weighted by Crippen LogP contribution is -2.28. The van der Waals surface area contributed by atoms with Gasteiger partial charge in [-0.2, -0.15) is 5.10 Å². The zero-order valence-electron chi connectivity index (χ0n) is 21.9. The van der Waals surface area contributed by atoms with E-state index in [1.165, 1.54) is 4.57 Å². The van der Waals surface area contributed by atoms with E-state index in [1.54, 1.807) is 57.6 Å². The average molecular weight is 540 g/mol. The lowest BCUT2D eigenvalue weighted by atomic mass is 10.0. The summed E-state index contributed by atoms with van der Waals surface area (Å²) in [7, 11) is -1.55. The van der Waals surface area contributed by atoms with Gasteiger partial charge in [-0.25, -0.2) is 13.2 Å². The van der Waals surface area contributed by atoms with Gasteiger partial charge in [-0.15, -0.1) is 0 Å². The first-order valence-electron chi connectivity index (χ1n) is 11.7. The van der Waals surface area contributed by atoms with Gasteiger partial charge in [-0.1, -0.05) is 37.6 Å². The molecule has 0 radical (unpaired) electrons.